The molecule has 9 heteroatoms. The normalized spacial score (nSPS) is 19.2. The van der Waals surface area contributed by atoms with Crippen LogP contribution in [0.3, 0.4) is 0 Å². The number of hydrogen-bond donors (Lipinski definition) is 0. The van der Waals surface area contributed by atoms with E-state index in [1.54, 1.807) is 19.2 Å². The molecule has 7 nitrogen and oxygen atoms in total. The summed E-state index contributed by atoms with van der Waals surface area (Å²) in [6.45, 7) is 4.82. The molecule has 0 N–H and O–H groups in total. The molecule has 1 amide bonds. The van der Waals surface area contributed by atoms with E-state index < -0.39 is 28.5 Å². The zero-order valence-corrected chi connectivity index (χ0v) is 19.8. The number of ether oxygens (including phenoxy) is 1. The third-order valence-electron chi connectivity index (χ3n) is 5.65. The number of carbonyl (C=O) groups is 2. The zero-order chi connectivity index (χ0) is 24.2. The van der Waals surface area contributed by atoms with E-state index in [1.165, 1.54) is 45.6 Å². The molecule has 0 saturated carbocycles. The molecular formula is C24H29FN2O5S. The fourth-order valence-electron chi connectivity index (χ4n) is 3.99. The van der Waals surface area contributed by atoms with Crippen LogP contribution in [-0.2, 0) is 26.1 Å². The number of hydrogen-bond acceptors (Lipinski definition) is 5. The van der Waals surface area contributed by atoms with Crippen molar-refractivity contribution in [3.63, 3.8) is 0 Å². The summed E-state index contributed by atoms with van der Waals surface area (Å²) in [5.41, 5.74) is 0.899. The molecule has 2 aromatic carbocycles. The fourth-order valence-corrected chi connectivity index (χ4v) is 5.67. The van der Waals surface area contributed by atoms with E-state index in [4.69, 9.17) is 4.74 Å². The molecule has 2 unspecified atom stereocenters. The van der Waals surface area contributed by atoms with Crippen LogP contribution in [0, 0.1) is 17.7 Å². The van der Waals surface area contributed by atoms with Crippen molar-refractivity contribution < 1.29 is 27.1 Å². The summed E-state index contributed by atoms with van der Waals surface area (Å²) in [6.07, 6.45) is 0.995. The largest absolute Gasteiger partial charge is 0.452 e. The van der Waals surface area contributed by atoms with Crippen LogP contribution in [0.25, 0.3) is 0 Å². The van der Waals surface area contributed by atoms with Crippen LogP contribution in [0.4, 0.5) is 4.39 Å². The van der Waals surface area contributed by atoms with Crippen LogP contribution in [0.1, 0.15) is 36.2 Å². The van der Waals surface area contributed by atoms with Crippen LogP contribution >= 0.6 is 0 Å². The third kappa shape index (κ3) is 6.39. The molecule has 2 atom stereocenters. The van der Waals surface area contributed by atoms with Gasteiger partial charge in [0.05, 0.1) is 10.5 Å². The SMILES string of the molecule is CC1CC(C)CN(S(=O)(=O)c2ccc(C(=O)OCC(=O)N(C)Cc3ccc(F)cc3)cc2)C1. The summed E-state index contributed by atoms with van der Waals surface area (Å²) in [5.74, 6) is -0.920. The van der Waals surface area contributed by atoms with Gasteiger partial charge < -0.3 is 9.64 Å². The van der Waals surface area contributed by atoms with E-state index in [0.717, 1.165) is 12.0 Å². The number of piperidine rings is 1. The van der Waals surface area contributed by atoms with Crippen molar-refractivity contribution in [1.82, 2.24) is 9.21 Å². The Kier molecular flexibility index (Phi) is 7.86. The van der Waals surface area contributed by atoms with Crippen molar-refractivity contribution in [1.29, 1.82) is 0 Å². The van der Waals surface area contributed by atoms with Gasteiger partial charge in [-0.15, -0.1) is 0 Å². The van der Waals surface area contributed by atoms with E-state index in [2.05, 4.69) is 0 Å². The Balaban J connectivity index is 1.56. The minimum absolute atomic E-state index is 0.121. The first kappa shape index (κ1) is 24.9. The second-order valence-corrected chi connectivity index (χ2v) is 10.7. The molecule has 1 saturated heterocycles. The van der Waals surface area contributed by atoms with Gasteiger partial charge in [-0.25, -0.2) is 17.6 Å². The van der Waals surface area contributed by atoms with Crippen molar-refractivity contribution in [3.8, 4) is 0 Å². The molecule has 2 aromatic rings. The van der Waals surface area contributed by atoms with E-state index >= 15 is 0 Å². The summed E-state index contributed by atoms with van der Waals surface area (Å²) in [7, 11) is -2.09. The van der Waals surface area contributed by atoms with E-state index in [9.17, 15) is 22.4 Å². The third-order valence-corrected chi connectivity index (χ3v) is 7.49. The molecule has 0 spiro atoms. The highest BCUT2D eigenvalue weighted by atomic mass is 32.2. The number of carbonyl (C=O) groups excluding carboxylic acids is 2. The predicted molar refractivity (Wildman–Crippen MR) is 121 cm³/mol. The number of rotatable bonds is 7. The second kappa shape index (κ2) is 10.4. The second-order valence-electron chi connectivity index (χ2n) is 8.74. The molecule has 178 valence electrons. The molecule has 3 rings (SSSR count). The lowest BCUT2D eigenvalue weighted by molar-refractivity contribution is -0.133. The lowest BCUT2D eigenvalue weighted by Gasteiger charge is -2.34. The van der Waals surface area contributed by atoms with Gasteiger partial charge >= 0.3 is 5.97 Å². The first-order valence-electron chi connectivity index (χ1n) is 10.8. The van der Waals surface area contributed by atoms with E-state index in [1.807, 2.05) is 13.8 Å². The van der Waals surface area contributed by atoms with Crippen molar-refractivity contribution >= 4 is 21.9 Å². The Bertz CT molecular complexity index is 1080. The molecular weight excluding hydrogens is 447 g/mol. The van der Waals surface area contributed by atoms with Crippen LogP contribution in [-0.4, -0.2) is 56.2 Å². The maximum absolute atomic E-state index is 13.0. The molecule has 1 heterocycles. The lowest BCUT2D eigenvalue weighted by atomic mass is 9.94. The maximum atomic E-state index is 13.0. The van der Waals surface area contributed by atoms with Crippen molar-refractivity contribution in [3.05, 3.63) is 65.5 Å². The van der Waals surface area contributed by atoms with Crippen LogP contribution in [0.5, 0.6) is 0 Å². The number of likely N-dealkylation sites (N-methyl/N-ethyl adjacent to an activating group) is 1. The van der Waals surface area contributed by atoms with Crippen LogP contribution < -0.4 is 0 Å². The molecule has 0 aliphatic carbocycles. The number of benzene rings is 2. The quantitative estimate of drug-likeness (QED) is 0.573. The van der Waals surface area contributed by atoms with Crippen molar-refractivity contribution in [2.45, 2.75) is 31.7 Å². The van der Waals surface area contributed by atoms with Gasteiger partial charge in [0.25, 0.3) is 5.91 Å². The Morgan fingerprint density at radius 2 is 1.61 bits per heavy atom. The first-order valence-corrected chi connectivity index (χ1v) is 12.3. The summed E-state index contributed by atoms with van der Waals surface area (Å²) in [6, 6.07) is 11.3. The van der Waals surface area contributed by atoms with Gasteiger partial charge in [0.15, 0.2) is 6.61 Å². The zero-order valence-electron chi connectivity index (χ0n) is 19.0. The molecule has 1 fully saturated rings. The number of halogens is 1. The van der Waals surface area contributed by atoms with Gasteiger partial charge in [0.1, 0.15) is 5.82 Å². The summed E-state index contributed by atoms with van der Waals surface area (Å²) >= 11 is 0. The highest BCUT2D eigenvalue weighted by molar-refractivity contribution is 7.89. The monoisotopic (exact) mass is 476 g/mol. The smallest absolute Gasteiger partial charge is 0.338 e. The molecule has 0 bridgehead atoms. The minimum atomic E-state index is -3.64. The van der Waals surface area contributed by atoms with Gasteiger partial charge in [-0.3, -0.25) is 4.79 Å². The van der Waals surface area contributed by atoms with Gasteiger partial charge in [-0.2, -0.15) is 4.31 Å². The van der Waals surface area contributed by atoms with Gasteiger partial charge in [-0.1, -0.05) is 26.0 Å². The molecule has 0 aromatic heterocycles. The number of esters is 1. The van der Waals surface area contributed by atoms with Crippen molar-refractivity contribution in [2.75, 3.05) is 26.7 Å². The topological polar surface area (TPSA) is 84.0 Å². The summed E-state index contributed by atoms with van der Waals surface area (Å²) < 4.78 is 45.5. The highest BCUT2D eigenvalue weighted by Gasteiger charge is 2.31. The Morgan fingerprint density at radius 3 is 2.18 bits per heavy atom. The van der Waals surface area contributed by atoms with Gasteiger partial charge in [0, 0.05) is 26.7 Å². The van der Waals surface area contributed by atoms with Crippen molar-refractivity contribution in [2.24, 2.45) is 11.8 Å². The maximum Gasteiger partial charge on any atom is 0.338 e. The molecule has 33 heavy (non-hydrogen) atoms. The summed E-state index contributed by atoms with van der Waals surface area (Å²) in [4.78, 5) is 26.1. The summed E-state index contributed by atoms with van der Waals surface area (Å²) in [5, 5.41) is 0. The lowest BCUT2D eigenvalue weighted by Crippen LogP contribution is -2.42. The van der Waals surface area contributed by atoms with Crippen LogP contribution in [0.2, 0.25) is 0 Å². The molecule has 1 aliphatic rings. The van der Waals surface area contributed by atoms with E-state index in [0.29, 0.717) is 13.1 Å². The molecule has 1 aliphatic heterocycles. The Morgan fingerprint density at radius 1 is 1.03 bits per heavy atom. The van der Waals surface area contributed by atoms with E-state index in [-0.39, 0.29) is 34.7 Å². The average molecular weight is 477 g/mol. The fraction of sp³-hybridized carbons (Fsp3) is 0.417. The first-order chi connectivity index (χ1) is 15.6. The highest BCUT2D eigenvalue weighted by Crippen LogP contribution is 2.26. The average Bonchev–Trinajstić information content (AvgIpc) is 2.78. The Labute approximate surface area is 194 Å². The Hall–Kier alpha value is -2.78. The van der Waals surface area contributed by atoms with Crippen LogP contribution in [0.15, 0.2) is 53.4 Å². The molecule has 0 radical (unpaired) electrons. The number of sulfonamides is 1. The standard InChI is InChI=1S/C24H29FN2O5S/c1-17-12-18(2)14-27(13-17)33(30,31)22-10-6-20(7-11-22)24(29)32-16-23(28)26(3)15-19-4-8-21(25)9-5-19/h4-11,17-18H,12-16H2,1-3H3. The number of nitrogens with zero attached hydrogens (tertiary/aromatic N) is 2. The van der Waals surface area contributed by atoms with Gasteiger partial charge in [-0.05, 0) is 60.2 Å². The number of amides is 1. The predicted octanol–water partition coefficient (Wildman–Crippen LogP) is 3.31. The minimum Gasteiger partial charge on any atom is -0.452 e. The van der Waals surface area contributed by atoms with Gasteiger partial charge in [0.2, 0.25) is 10.0 Å².